The Morgan fingerprint density at radius 1 is 1.26 bits per heavy atom. The van der Waals surface area contributed by atoms with Gasteiger partial charge in [-0.2, -0.15) is 0 Å². The Bertz CT molecular complexity index is 1070. The first-order chi connectivity index (χ1) is 15.0. The average Bonchev–Trinajstić information content (AvgIpc) is 3.42. The largest absolute Gasteiger partial charge is 0.488 e. The molecule has 1 unspecified atom stereocenters. The van der Waals surface area contributed by atoms with Crippen LogP contribution in [0.3, 0.4) is 0 Å². The number of aryl methyl sites for hydroxylation is 1. The fraction of sp³-hybridized carbons (Fsp3) is 0.348. The van der Waals surface area contributed by atoms with Crippen LogP contribution in [0.15, 0.2) is 46.0 Å². The second-order valence-electron chi connectivity index (χ2n) is 7.54. The highest BCUT2D eigenvalue weighted by atomic mass is 79.9. The van der Waals surface area contributed by atoms with E-state index in [0.29, 0.717) is 12.5 Å². The number of hydrogen-bond donors (Lipinski definition) is 0. The normalized spacial score (nSPS) is 15.3. The Kier molecular flexibility index (Phi) is 6.87. The molecule has 8 heteroatoms. The molecule has 1 aromatic carbocycles. The Morgan fingerprint density at radius 3 is 2.87 bits per heavy atom. The molecule has 0 radical (unpaired) electrons. The summed E-state index contributed by atoms with van der Waals surface area (Å²) in [6.07, 6.45) is 5.36. The summed E-state index contributed by atoms with van der Waals surface area (Å²) in [6.45, 7) is 5.48. The number of ether oxygens (including phenoxy) is 2. The third-order valence-electron chi connectivity index (χ3n) is 5.22. The van der Waals surface area contributed by atoms with Gasteiger partial charge in [-0.25, -0.2) is 14.3 Å². The van der Waals surface area contributed by atoms with Gasteiger partial charge in [0.25, 0.3) is 0 Å². The first-order valence-electron chi connectivity index (χ1n) is 10.2. The van der Waals surface area contributed by atoms with Crippen molar-refractivity contribution in [1.29, 1.82) is 0 Å². The third-order valence-corrected chi connectivity index (χ3v) is 6.51. The summed E-state index contributed by atoms with van der Waals surface area (Å²) in [6, 6.07) is 10.2. The number of nitrogens with zero attached hydrogens (tertiary/aromatic N) is 4. The lowest BCUT2D eigenvalue weighted by Gasteiger charge is -2.15. The fourth-order valence-corrected chi connectivity index (χ4v) is 4.25. The molecule has 2 aromatic heterocycles. The summed E-state index contributed by atoms with van der Waals surface area (Å²) in [5.74, 6) is 1.49. The molecule has 4 rings (SSSR count). The molecule has 31 heavy (non-hydrogen) atoms. The molecule has 1 atom stereocenters. The van der Waals surface area contributed by atoms with Gasteiger partial charge in [0.15, 0.2) is 0 Å². The number of halogens is 1. The number of aliphatic imine (C=N–C) groups is 1. The summed E-state index contributed by atoms with van der Waals surface area (Å²) >= 11 is 5.06. The maximum absolute atomic E-state index is 6.26. The average molecular weight is 501 g/mol. The Hall–Kier alpha value is -2.45. The molecule has 0 amide bonds. The molecular formula is C23H25BrN4O2S. The van der Waals surface area contributed by atoms with E-state index in [2.05, 4.69) is 49.3 Å². The van der Waals surface area contributed by atoms with Crippen molar-refractivity contribution in [3.05, 3.63) is 62.7 Å². The van der Waals surface area contributed by atoms with Gasteiger partial charge in [-0.15, -0.1) is 0 Å². The van der Waals surface area contributed by atoms with E-state index in [-0.39, 0.29) is 6.10 Å². The maximum atomic E-state index is 6.26. The summed E-state index contributed by atoms with van der Waals surface area (Å²) in [5, 5.41) is 0. The van der Waals surface area contributed by atoms with Crippen molar-refractivity contribution in [2.45, 2.75) is 39.4 Å². The minimum Gasteiger partial charge on any atom is -0.488 e. The number of rotatable bonds is 8. The van der Waals surface area contributed by atoms with Crippen LogP contribution in [0.5, 0.6) is 11.6 Å². The van der Waals surface area contributed by atoms with Gasteiger partial charge in [-0.1, -0.05) is 6.07 Å². The lowest BCUT2D eigenvalue weighted by Crippen LogP contribution is -2.17. The monoisotopic (exact) mass is 500 g/mol. The van der Waals surface area contributed by atoms with E-state index < -0.39 is 0 Å². The predicted molar refractivity (Wildman–Crippen MR) is 128 cm³/mol. The molecule has 0 saturated heterocycles. The van der Waals surface area contributed by atoms with Gasteiger partial charge in [0, 0.05) is 32.6 Å². The maximum Gasteiger partial charge on any atom is 0.228 e. The summed E-state index contributed by atoms with van der Waals surface area (Å²) in [5.41, 5.74) is 4.24. The number of benzene rings is 1. The van der Waals surface area contributed by atoms with Crippen molar-refractivity contribution in [3.63, 3.8) is 0 Å². The SMILES string of the molecule is CCN(C)C=Nc1cc(Br)c(OC2Cc3ccc(OCc4ccns4)cc3C2)nc1C. The van der Waals surface area contributed by atoms with Gasteiger partial charge in [-0.3, -0.25) is 0 Å². The molecular weight excluding hydrogens is 476 g/mol. The van der Waals surface area contributed by atoms with Gasteiger partial charge in [0.05, 0.1) is 27.1 Å². The highest BCUT2D eigenvalue weighted by molar-refractivity contribution is 9.10. The Labute approximate surface area is 195 Å². The lowest BCUT2D eigenvalue weighted by molar-refractivity contribution is 0.203. The van der Waals surface area contributed by atoms with Crippen molar-refractivity contribution in [3.8, 4) is 11.6 Å². The minimum atomic E-state index is 0.0514. The molecule has 1 aliphatic carbocycles. The van der Waals surface area contributed by atoms with Gasteiger partial charge in [0.1, 0.15) is 18.5 Å². The van der Waals surface area contributed by atoms with Crippen LogP contribution in [0.25, 0.3) is 0 Å². The summed E-state index contributed by atoms with van der Waals surface area (Å²) < 4.78 is 17.1. The van der Waals surface area contributed by atoms with Gasteiger partial charge < -0.3 is 14.4 Å². The van der Waals surface area contributed by atoms with E-state index in [1.54, 1.807) is 6.20 Å². The standard InChI is InChI=1S/C23H25BrN4O2S/c1-4-28(3)14-25-22-12-21(24)23(27-15(22)2)30-19-9-16-5-6-18(10-17(16)11-19)29-13-20-7-8-26-31-20/h5-8,10,12,14,19H,4,9,11,13H2,1-3H3. The van der Waals surface area contributed by atoms with Crippen LogP contribution >= 0.6 is 27.5 Å². The fourth-order valence-electron chi connectivity index (χ4n) is 3.36. The lowest BCUT2D eigenvalue weighted by atomic mass is 10.1. The second-order valence-corrected chi connectivity index (χ2v) is 9.32. The number of hydrogen-bond acceptors (Lipinski definition) is 6. The summed E-state index contributed by atoms with van der Waals surface area (Å²) in [7, 11) is 1.99. The summed E-state index contributed by atoms with van der Waals surface area (Å²) in [4.78, 5) is 12.3. The van der Waals surface area contributed by atoms with Crippen LogP contribution in [0, 0.1) is 6.92 Å². The van der Waals surface area contributed by atoms with Crippen molar-refractivity contribution in [2.24, 2.45) is 4.99 Å². The van der Waals surface area contributed by atoms with Crippen LogP contribution < -0.4 is 9.47 Å². The van der Waals surface area contributed by atoms with E-state index in [1.165, 1.54) is 22.7 Å². The molecule has 6 nitrogen and oxygen atoms in total. The molecule has 0 fully saturated rings. The molecule has 0 aliphatic heterocycles. The zero-order chi connectivity index (χ0) is 21.8. The van der Waals surface area contributed by atoms with Crippen LogP contribution in [0.1, 0.15) is 28.6 Å². The van der Waals surface area contributed by atoms with E-state index in [1.807, 2.05) is 43.4 Å². The zero-order valence-corrected chi connectivity index (χ0v) is 20.2. The molecule has 3 aromatic rings. The predicted octanol–water partition coefficient (Wildman–Crippen LogP) is 5.35. The van der Waals surface area contributed by atoms with Crippen molar-refractivity contribution < 1.29 is 9.47 Å². The number of aromatic nitrogens is 2. The highest BCUT2D eigenvalue weighted by Crippen LogP contribution is 2.34. The van der Waals surface area contributed by atoms with Crippen molar-refractivity contribution >= 4 is 39.5 Å². The zero-order valence-electron chi connectivity index (χ0n) is 17.8. The molecule has 0 spiro atoms. The Morgan fingerprint density at radius 2 is 2.10 bits per heavy atom. The van der Waals surface area contributed by atoms with Crippen molar-refractivity contribution in [1.82, 2.24) is 14.3 Å². The van der Waals surface area contributed by atoms with Crippen LogP contribution in [0.2, 0.25) is 0 Å². The van der Waals surface area contributed by atoms with Gasteiger partial charge in [-0.05, 0) is 76.7 Å². The van der Waals surface area contributed by atoms with Gasteiger partial charge >= 0.3 is 0 Å². The molecule has 1 aliphatic rings. The highest BCUT2D eigenvalue weighted by Gasteiger charge is 2.25. The molecule has 2 heterocycles. The first-order valence-corrected chi connectivity index (χ1v) is 11.8. The molecule has 0 N–H and O–H groups in total. The van der Waals surface area contributed by atoms with E-state index in [4.69, 9.17) is 9.47 Å². The van der Waals surface area contributed by atoms with Gasteiger partial charge in [0.2, 0.25) is 5.88 Å². The van der Waals surface area contributed by atoms with Crippen LogP contribution in [-0.2, 0) is 19.4 Å². The van der Waals surface area contributed by atoms with Crippen LogP contribution in [-0.4, -0.2) is 40.3 Å². The van der Waals surface area contributed by atoms with E-state index in [9.17, 15) is 0 Å². The minimum absolute atomic E-state index is 0.0514. The molecule has 0 saturated carbocycles. The topological polar surface area (TPSA) is 59.8 Å². The first kappa shape index (κ1) is 21.8. The quantitative estimate of drug-likeness (QED) is 0.308. The smallest absolute Gasteiger partial charge is 0.228 e. The van der Waals surface area contributed by atoms with Crippen molar-refractivity contribution in [2.75, 3.05) is 13.6 Å². The third kappa shape index (κ3) is 5.43. The number of fused-ring (bicyclic) bond motifs is 1. The Balaban J connectivity index is 1.40. The van der Waals surface area contributed by atoms with E-state index >= 15 is 0 Å². The molecule has 162 valence electrons. The number of pyridine rings is 1. The second kappa shape index (κ2) is 9.78. The van der Waals surface area contributed by atoms with E-state index in [0.717, 1.165) is 45.9 Å². The molecule has 0 bridgehead atoms. The van der Waals surface area contributed by atoms with Crippen LogP contribution in [0.4, 0.5) is 5.69 Å².